The number of piperazine rings is 1. The number of hydrogen-bond donors (Lipinski definition) is 1. The van der Waals surface area contributed by atoms with Crippen molar-refractivity contribution in [3.63, 3.8) is 0 Å². The van der Waals surface area contributed by atoms with Crippen LogP contribution in [0.5, 0.6) is 5.75 Å². The maximum atomic E-state index is 13.1. The molecule has 33 heavy (non-hydrogen) atoms. The third-order valence-corrected chi connectivity index (χ3v) is 7.24. The zero-order valence-corrected chi connectivity index (χ0v) is 21.0. The molecule has 0 spiro atoms. The van der Waals surface area contributed by atoms with Crippen LogP contribution in [0.15, 0.2) is 47.4 Å². The van der Waals surface area contributed by atoms with E-state index < -0.39 is 10.0 Å². The highest BCUT2D eigenvalue weighted by atomic mass is 32.2. The van der Waals surface area contributed by atoms with Crippen LogP contribution in [0.2, 0.25) is 0 Å². The van der Waals surface area contributed by atoms with E-state index in [2.05, 4.69) is 30.4 Å². The van der Waals surface area contributed by atoms with Gasteiger partial charge in [0.05, 0.1) is 7.11 Å². The van der Waals surface area contributed by atoms with E-state index in [-0.39, 0.29) is 22.0 Å². The number of aryl methyl sites for hydroxylation is 1. The van der Waals surface area contributed by atoms with Crippen molar-refractivity contribution in [2.75, 3.05) is 44.6 Å². The van der Waals surface area contributed by atoms with Crippen molar-refractivity contribution in [3.8, 4) is 5.75 Å². The van der Waals surface area contributed by atoms with Gasteiger partial charge >= 0.3 is 0 Å². The normalized spacial score (nSPS) is 15.4. The molecular weight excluding hydrogens is 438 g/mol. The summed E-state index contributed by atoms with van der Waals surface area (Å²) in [6.45, 7) is 12.5. The van der Waals surface area contributed by atoms with Crippen molar-refractivity contribution in [3.05, 3.63) is 53.6 Å². The second-order valence-corrected chi connectivity index (χ2v) is 11.4. The molecule has 7 nitrogen and oxygen atoms in total. The summed E-state index contributed by atoms with van der Waals surface area (Å²) in [7, 11) is -2.52. The Hall–Kier alpha value is -2.58. The summed E-state index contributed by atoms with van der Waals surface area (Å²) in [6, 6.07) is 11.6. The third-order valence-electron chi connectivity index (χ3n) is 5.84. The average molecular weight is 474 g/mol. The first-order valence-corrected chi connectivity index (χ1v) is 12.8. The summed E-state index contributed by atoms with van der Waals surface area (Å²) in [5.41, 5.74) is 2.10. The van der Waals surface area contributed by atoms with Gasteiger partial charge in [0.15, 0.2) is 0 Å². The smallest absolute Gasteiger partial charge is 0.265 e. The van der Waals surface area contributed by atoms with Gasteiger partial charge in [-0.25, -0.2) is 8.42 Å². The van der Waals surface area contributed by atoms with Crippen molar-refractivity contribution in [1.82, 2.24) is 9.80 Å². The predicted octanol–water partition coefficient (Wildman–Crippen LogP) is 4.00. The van der Waals surface area contributed by atoms with E-state index >= 15 is 0 Å². The van der Waals surface area contributed by atoms with E-state index in [1.54, 1.807) is 23.1 Å². The van der Waals surface area contributed by atoms with E-state index in [4.69, 9.17) is 4.74 Å². The largest absolute Gasteiger partial charge is 0.495 e. The Bertz CT molecular complexity index is 1070. The molecule has 8 heteroatoms. The molecule has 1 aliphatic heterocycles. The molecule has 0 aliphatic carbocycles. The fourth-order valence-electron chi connectivity index (χ4n) is 3.70. The Morgan fingerprint density at radius 1 is 1.03 bits per heavy atom. The van der Waals surface area contributed by atoms with E-state index in [0.29, 0.717) is 24.3 Å². The molecule has 2 aromatic rings. The van der Waals surface area contributed by atoms with Crippen LogP contribution in [-0.2, 0) is 10.0 Å². The fourth-order valence-corrected chi connectivity index (χ4v) is 4.96. The van der Waals surface area contributed by atoms with Crippen molar-refractivity contribution in [2.24, 2.45) is 5.41 Å². The minimum absolute atomic E-state index is 0.0553. The minimum atomic E-state index is -3.94. The minimum Gasteiger partial charge on any atom is -0.495 e. The average Bonchev–Trinajstić information content (AvgIpc) is 2.78. The van der Waals surface area contributed by atoms with Crippen molar-refractivity contribution < 1.29 is 17.9 Å². The van der Waals surface area contributed by atoms with E-state index in [1.165, 1.54) is 19.2 Å². The third kappa shape index (κ3) is 6.71. The molecule has 0 saturated carbocycles. The lowest BCUT2D eigenvalue weighted by atomic mass is 9.92. The van der Waals surface area contributed by atoms with Gasteiger partial charge in [-0.3, -0.25) is 14.4 Å². The van der Waals surface area contributed by atoms with Crippen LogP contribution in [0.4, 0.5) is 5.69 Å². The number of benzene rings is 2. The number of anilines is 1. The highest BCUT2D eigenvalue weighted by Crippen LogP contribution is 2.28. The van der Waals surface area contributed by atoms with Crippen LogP contribution in [0.3, 0.4) is 0 Å². The standard InChI is InChI=1S/C25H35N3O4S/c1-19-6-9-21(10-7-19)26-33(30,31)23-18-20(8-11-22(23)32-5)24(29)28-16-14-27(15-17-28)13-12-25(2,3)4/h6-11,18,26H,12-17H2,1-5H3. The van der Waals surface area contributed by atoms with E-state index in [1.807, 2.05) is 19.1 Å². The Labute approximate surface area is 197 Å². The van der Waals surface area contributed by atoms with E-state index in [0.717, 1.165) is 31.6 Å². The van der Waals surface area contributed by atoms with Crippen LogP contribution in [0.25, 0.3) is 0 Å². The quantitative estimate of drug-likeness (QED) is 0.658. The Balaban J connectivity index is 1.74. The summed E-state index contributed by atoms with van der Waals surface area (Å²) in [5.74, 6) is 0.0260. The first-order valence-electron chi connectivity index (χ1n) is 11.3. The zero-order valence-electron chi connectivity index (χ0n) is 20.2. The molecule has 0 aromatic heterocycles. The van der Waals surface area contributed by atoms with Gasteiger partial charge < -0.3 is 9.64 Å². The van der Waals surface area contributed by atoms with Crippen molar-refractivity contribution in [1.29, 1.82) is 0 Å². The number of ether oxygens (including phenoxy) is 1. The number of sulfonamides is 1. The second kappa shape index (κ2) is 10.1. The molecule has 3 rings (SSSR count). The molecule has 0 atom stereocenters. The molecule has 1 heterocycles. The number of carbonyl (C=O) groups excluding carboxylic acids is 1. The van der Waals surface area contributed by atoms with Gasteiger partial charge in [0.25, 0.3) is 15.9 Å². The lowest BCUT2D eigenvalue weighted by Gasteiger charge is -2.36. The number of carbonyl (C=O) groups is 1. The highest BCUT2D eigenvalue weighted by molar-refractivity contribution is 7.92. The number of nitrogens with zero attached hydrogens (tertiary/aromatic N) is 2. The van der Waals surface area contributed by atoms with Gasteiger partial charge in [-0.15, -0.1) is 0 Å². The summed E-state index contributed by atoms with van der Waals surface area (Å²) in [6.07, 6.45) is 1.11. The molecule has 1 saturated heterocycles. The predicted molar refractivity (Wildman–Crippen MR) is 131 cm³/mol. The van der Waals surface area contributed by atoms with Crippen molar-refractivity contribution in [2.45, 2.75) is 39.0 Å². The van der Waals surface area contributed by atoms with Gasteiger partial charge in [-0.05, 0) is 55.6 Å². The van der Waals surface area contributed by atoms with Crippen LogP contribution in [0.1, 0.15) is 43.1 Å². The van der Waals surface area contributed by atoms with E-state index in [9.17, 15) is 13.2 Å². The highest BCUT2D eigenvalue weighted by Gasteiger charge is 2.26. The SMILES string of the molecule is COc1ccc(C(=O)N2CCN(CCC(C)(C)C)CC2)cc1S(=O)(=O)Nc1ccc(C)cc1. The molecule has 1 fully saturated rings. The monoisotopic (exact) mass is 473 g/mol. The first-order chi connectivity index (χ1) is 15.5. The summed E-state index contributed by atoms with van der Waals surface area (Å²) in [4.78, 5) is 17.3. The summed E-state index contributed by atoms with van der Waals surface area (Å²) >= 11 is 0. The number of hydrogen-bond acceptors (Lipinski definition) is 5. The fraction of sp³-hybridized carbons (Fsp3) is 0.480. The Morgan fingerprint density at radius 2 is 1.67 bits per heavy atom. The molecular formula is C25H35N3O4S. The first kappa shape index (κ1) is 25.1. The second-order valence-electron chi connectivity index (χ2n) is 9.78. The molecule has 0 bridgehead atoms. The Morgan fingerprint density at radius 3 is 2.24 bits per heavy atom. The lowest BCUT2D eigenvalue weighted by Crippen LogP contribution is -2.49. The van der Waals surface area contributed by atoms with Crippen molar-refractivity contribution >= 4 is 21.6 Å². The van der Waals surface area contributed by atoms with Crippen LogP contribution < -0.4 is 9.46 Å². The van der Waals surface area contributed by atoms with Gasteiger partial charge in [-0.2, -0.15) is 0 Å². The molecule has 1 amide bonds. The zero-order chi connectivity index (χ0) is 24.2. The number of rotatable bonds is 7. The van der Waals surface area contributed by atoms with Gasteiger partial charge in [0, 0.05) is 37.4 Å². The number of amides is 1. The summed E-state index contributed by atoms with van der Waals surface area (Å²) in [5, 5.41) is 0. The molecule has 1 N–H and O–H groups in total. The summed E-state index contributed by atoms with van der Waals surface area (Å²) < 4.78 is 34.0. The van der Waals surface area contributed by atoms with Crippen LogP contribution >= 0.6 is 0 Å². The maximum absolute atomic E-state index is 13.1. The van der Waals surface area contributed by atoms with Gasteiger partial charge in [0.1, 0.15) is 10.6 Å². The van der Waals surface area contributed by atoms with Crippen LogP contribution in [0, 0.1) is 12.3 Å². The molecule has 180 valence electrons. The van der Waals surface area contributed by atoms with Gasteiger partial charge in [-0.1, -0.05) is 38.5 Å². The molecule has 0 unspecified atom stereocenters. The molecule has 1 aliphatic rings. The lowest BCUT2D eigenvalue weighted by molar-refractivity contribution is 0.0623. The number of nitrogens with one attached hydrogen (secondary N) is 1. The topological polar surface area (TPSA) is 79.0 Å². The number of methoxy groups -OCH3 is 1. The molecule has 2 aromatic carbocycles. The van der Waals surface area contributed by atoms with Gasteiger partial charge in [0.2, 0.25) is 0 Å². The Kier molecular flexibility index (Phi) is 7.69. The van der Waals surface area contributed by atoms with Crippen LogP contribution in [-0.4, -0.2) is 64.0 Å². The maximum Gasteiger partial charge on any atom is 0.265 e. The molecule has 0 radical (unpaired) electrons.